The molecule has 0 saturated heterocycles. The van der Waals surface area contributed by atoms with Crippen LogP contribution in [0.1, 0.15) is 5.56 Å². The highest BCUT2D eigenvalue weighted by Gasteiger charge is 2.09. The first-order valence-electron chi connectivity index (χ1n) is 7.04. The van der Waals surface area contributed by atoms with Crippen LogP contribution in [0.25, 0.3) is 0 Å². The molecule has 0 bridgehead atoms. The van der Waals surface area contributed by atoms with Gasteiger partial charge < -0.3 is 14.8 Å². The van der Waals surface area contributed by atoms with Gasteiger partial charge in [0.05, 0.1) is 0 Å². The molecular formula is C17H15BrFNO4. The van der Waals surface area contributed by atoms with Gasteiger partial charge in [-0.15, -0.1) is 0 Å². The number of nitrogens with one attached hydrogen (secondary N) is 1. The first-order chi connectivity index (χ1) is 11.4. The van der Waals surface area contributed by atoms with Crippen molar-refractivity contribution in [1.82, 2.24) is 0 Å². The number of carbonyl (C=O) groups excluding carboxylic acids is 2. The van der Waals surface area contributed by atoms with E-state index in [0.717, 1.165) is 4.47 Å². The zero-order valence-electron chi connectivity index (χ0n) is 12.8. The lowest BCUT2D eigenvalue weighted by Crippen LogP contribution is -2.23. The minimum Gasteiger partial charge on any atom is -0.482 e. The monoisotopic (exact) mass is 395 g/mol. The molecule has 2 rings (SSSR count). The van der Waals surface area contributed by atoms with E-state index in [9.17, 15) is 14.0 Å². The summed E-state index contributed by atoms with van der Waals surface area (Å²) in [7, 11) is 0. The second-order valence-corrected chi connectivity index (χ2v) is 5.83. The number of ether oxygens (including phenoxy) is 2. The topological polar surface area (TPSA) is 64.6 Å². The van der Waals surface area contributed by atoms with E-state index >= 15 is 0 Å². The van der Waals surface area contributed by atoms with Gasteiger partial charge >= 0.3 is 5.97 Å². The van der Waals surface area contributed by atoms with Gasteiger partial charge in [-0.3, -0.25) is 4.79 Å². The smallest absolute Gasteiger partial charge is 0.344 e. The Morgan fingerprint density at radius 3 is 2.50 bits per heavy atom. The highest BCUT2D eigenvalue weighted by molar-refractivity contribution is 9.10. The maximum absolute atomic E-state index is 13.4. The van der Waals surface area contributed by atoms with Crippen molar-refractivity contribution in [3.05, 3.63) is 58.3 Å². The van der Waals surface area contributed by atoms with Gasteiger partial charge in [0.2, 0.25) is 0 Å². The number of aryl methyl sites for hydroxylation is 1. The van der Waals surface area contributed by atoms with E-state index < -0.39 is 24.3 Å². The lowest BCUT2D eigenvalue weighted by Gasteiger charge is -2.08. The molecule has 0 aromatic heterocycles. The van der Waals surface area contributed by atoms with Crippen molar-refractivity contribution in [1.29, 1.82) is 0 Å². The van der Waals surface area contributed by atoms with Gasteiger partial charge in [0, 0.05) is 10.2 Å². The molecule has 0 unspecified atom stereocenters. The van der Waals surface area contributed by atoms with Gasteiger partial charge in [-0.1, -0.05) is 22.0 Å². The van der Waals surface area contributed by atoms with Gasteiger partial charge in [-0.05, 0) is 48.9 Å². The van der Waals surface area contributed by atoms with Crippen LogP contribution in [0.4, 0.5) is 10.1 Å². The molecule has 0 fully saturated rings. The van der Waals surface area contributed by atoms with E-state index in [0.29, 0.717) is 17.0 Å². The highest BCUT2D eigenvalue weighted by atomic mass is 79.9. The first kappa shape index (κ1) is 17.9. The number of anilines is 1. The second-order valence-electron chi connectivity index (χ2n) is 4.92. The largest absolute Gasteiger partial charge is 0.482 e. The number of esters is 1. The summed E-state index contributed by atoms with van der Waals surface area (Å²) in [6.07, 6.45) is 0. The Kier molecular flexibility index (Phi) is 6.31. The van der Waals surface area contributed by atoms with Crippen LogP contribution in [0.3, 0.4) is 0 Å². The average molecular weight is 396 g/mol. The predicted molar refractivity (Wildman–Crippen MR) is 90.4 cm³/mol. The molecule has 24 heavy (non-hydrogen) atoms. The number of halogens is 2. The zero-order valence-corrected chi connectivity index (χ0v) is 14.4. The van der Waals surface area contributed by atoms with E-state index in [1.807, 2.05) is 0 Å². The molecular weight excluding hydrogens is 381 g/mol. The van der Waals surface area contributed by atoms with Gasteiger partial charge in [0.15, 0.2) is 13.2 Å². The summed E-state index contributed by atoms with van der Waals surface area (Å²) in [5.74, 6) is -1.15. The summed E-state index contributed by atoms with van der Waals surface area (Å²) < 4.78 is 24.3. The van der Waals surface area contributed by atoms with Crippen molar-refractivity contribution >= 4 is 33.5 Å². The van der Waals surface area contributed by atoms with Crippen molar-refractivity contribution in [3.8, 4) is 5.75 Å². The molecule has 1 N–H and O–H groups in total. The van der Waals surface area contributed by atoms with Crippen LogP contribution in [0.2, 0.25) is 0 Å². The highest BCUT2D eigenvalue weighted by Crippen LogP contribution is 2.16. The number of amides is 1. The van der Waals surface area contributed by atoms with Gasteiger partial charge in [0.1, 0.15) is 11.6 Å². The fraction of sp³-hybridized carbons (Fsp3) is 0.176. The Morgan fingerprint density at radius 2 is 1.83 bits per heavy atom. The Labute approximate surface area is 146 Å². The van der Waals surface area contributed by atoms with Crippen molar-refractivity contribution in [2.45, 2.75) is 6.92 Å². The normalized spacial score (nSPS) is 10.1. The Balaban J connectivity index is 1.73. The SMILES string of the molecule is Cc1ccc(NC(=O)COC(=O)COc2ccc(Br)cc2)cc1F. The average Bonchev–Trinajstić information content (AvgIpc) is 2.56. The molecule has 5 nitrogen and oxygen atoms in total. The van der Waals surface area contributed by atoms with Crippen LogP contribution in [0.5, 0.6) is 5.75 Å². The summed E-state index contributed by atoms with van der Waals surface area (Å²) in [4.78, 5) is 23.2. The predicted octanol–water partition coefficient (Wildman–Crippen LogP) is 3.46. The molecule has 126 valence electrons. The van der Waals surface area contributed by atoms with Crippen LogP contribution >= 0.6 is 15.9 Å². The van der Waals surface area contributed by atoms with Crippen molar-refractivity contribution in [2.24, 2.45) is 0 Å². The molecule has 0 saturated carbocycles. The van der Waals surface area contributed by atoms with Crippen molar-refractivity contribution in [3.63, 3.8) is 0 Å². The third-order valence-corrected chi connectivity index (χ3v) is 3.52. The summed E-state index contributed by atoms with van der Waals surface area (Å²) in [5.41, 5.74) is 0.773. The lowest BCUT2D eigenvalue weighted by molar-refractivity contribution is -0.149. The fourth-order valence-corrected chi connectivity index (χ4v) is 1.99. The summed E-state index contributed by atoms with van der Waals surface area (Å²) in [5, 5.41) is 2.44. The molecule has 2 aromatic rings. The number of carbonyl (C=O) groups is 2. The van der Waals surface area contributed by atoms with E-state index in [1.54, 1.807) is 43.3 Å². The van der Waals surface area contributed by atoms with Gasteiger partial charge in [0.25, 0.3) is 5.91 Å². The molecule has 7 heteroatoms. The van der Waals surface area contributed by atoms with E-state index in [1.165, 1.54) is 6.07 Å². The standard InChI is InChI=1S/C17H15BrFNO4/c1-11-2-5-13(8-15(11)19)20-16(21)9-24-17(22)10-23-14-6-3-12(18)4-7-14/h2-8H,9-10H2,1H3,(H,20,21). The fourth-order valence-electron chi connectivity index (χ4n) is 1.73. The summed E-state index contributed by atoms with van der Waals surface area (Å²) in [6, 6.07) is 11.2. The Bertz CT molecular complexity index is 734. The van der Waals surface area contributed by atoms with Crippen LogP contribution in [-0.2, 0) is 14.3 Å². The molecule has 0 aliphatic rings. The van der Waals surface area contributed by atoms with E-state index in [-0.39, 0.29) is 6.61 Å². The summed E-state index contributed by atoms with van der Waals surface area (Å²) in [6.45, 7) is 0.834. The van der Waals surface area contributed by atoms with Gasteiger partial charge in [-0.2, -0.15) is 0 Å². The molecule has 1 amide bonds. The lowest BCUT2D eigenvalue weighted by atomic mass is 10.2. The molecule has 0 radical (unpaired) electrons. The molecule has 2 aromatic carbocycles. The van der Waals surface area contributed by atoms with Crippen molar-refractivity contribution in [2.75, 3.05) is 18.5 Å². The van der Waals surface area contributed by atoms with Crippen LogP contribution in [0, 0.1) is 12.7 Å². The molecule has 0 spiro atoms. The summed E-state index contributed by atoms with van der Waals surface area (Å²) >= 11 is 3.29. The first-order valence-corrected chi connectivity index (χ1v) is 7.83. The number of rotatable bonds is 6. The third-order valence-electron chi connectivity index (χ3n) is 2.99. The number of benzene rings is 2. The Morgan fingerprint density at radius 1 is 1.12 bits per heavy atom. The second kappa shape index (κ2) is 8.44. The quantitative estimate of drug-likeness (QED) is 0.760. The van der Waals surface area contributed by atoms with Crippen LogP contribution < -0.4 is 10.1 Å². The maximum Gasteiger partial charge on any atom is 0.344 e. The van der Waals surface area contributed by atoms with Crippen molar-refractivity contribution < 1.29 is 23.5 Å². The van der Waals surface area contributed by atoms with Crippen LogP contribution in [0.15, 0.2) is 46.9 Å². The molecule has 0 aliphatic heterocycles. The minimum atomic E-state index is -0.678. The maximum atomic E-state index is 13.4. The third kappa shape index (κ3) is 5.66. The number of hydrogen-bond donors (Lipinski definition) is 1. The molecule has 0 heterocycles. The molecule has 0 aliphatic carbocycles. The van der Waals surface area contributed by atoms with E-state index in [2.05, 4.69) is 21.2 Å². The van der Waals surface area contributed by atoms with Crippen LogP contribution in [-0.4, -0.2) is 25.1 Å². The van der Waals surface area contributed by atoms with E-state index in [4.69, 9.17) is 9.47 Å². The van der Waals surface area contributed by atoms with Gasteiger partial charge in [-0.25, -0.2) is 9.18 Å². The zero-order chi connectivity index (χ0) is 17.5. The minimum absolute atomic E-state index is 0.297. The molecule has 0 atom stereocenters. The Hall–Kier alpha value is -2.41. The number of hydrogen-bond acceptors (Lipinski definition) is 4.